The molecule has 1 aromatic heterocycles. The second-order valence-corrected chi connectivity index (χ2v) is 7.53. The molecular formula is C19H17N5O4S. The van der Waals surface area contributed by atoms with Gasteiger partial charge in [-0.1, -0.05) is 23.9 Å². The summed E-state index contributed by atoms with van der Waals surface area (Å²) < 4.78 is 12.2. The number of Topliss-reactive ketones (excluding diaryl/α,β-unsaturated/α-hetero) is 1. The summed E-state index contributed by atoms with van der Waals surface area (Å²) in [5.41, 5.74) is 1.63. The summed E-state index contributed by atoms with van der Waals surface area (Å²) in [6.07, 6.45) is 0. The molecule has 3 aromatic rings. The Labute approximate surface area is 170 Å². The number of hydrogen-bond donors (Lipinski definition) is 1. The van der Waals surface area contributed by atoms with E-state index in [-0.39, 0.29) is 18.3 Å². The van der Waals surface area contributed by atoms with Crippen molar-refractivity contribution in [2.75, 3.05) is 19.0 Å². The van der Waals surface area contributed by atoms with Crippen LogP contribution in [0.4, 0.5) is 5.69 Å². The number of fused-ring (bicyclic) bond motifs is 1. The van der Waals surface area contributed by atoms with Crippen LogP contribution in [-0.4, -0.2) is 50.9 Å². The number of ether oxygens (including phenoxy) is 2. The van der Waals surface area contributed by atoms with Gasteiger partial charge in [-0.2, -0.15) is 4.68 Å². The zero-order chi connectivity index (χ0) is 20.4. The number of aromatic nitrogens is 4. The molecule has 148 valence electrons. The van der Waals surface area contributed by atoms with E-state index in [1.165, 1.54) is 16.4 Å². The van der Waals surface area contributed by atoms with E-state index < -0.39 is 5.25 Å². The lowest BCUT2D eigenvalue weighted by Crippen LogP contribution is -2.25. The van der Waals surface area contributed by atoms with Gasteiger partial charge in [-0.05, 0) is 47.7 Å². The van der Waals surface area contributed by atoms with Gasteiger partial charge in [0.15, 0.2) is 12.4 Å². The van der Waals surface area contributed by atoms with E-state index in [9.17, 15) is 9.59 Å². The number of hydrogen-bond acceptors (Lipinski definition) is 8. The summed E-state index contributed by atoms with van der Waals surface area (Å²) in [7, 11) is 1.57. The van der Waals surface area contributed by atoms with Crippen molar-refractivity contribution < 1.29 is 19.1 Å². The molecule has 4 rings (SSSR count). The number of thioether (sulfide) groups is 1. The van der Waals surface area contributed by atoms with Gasteiger partial charge < -0.3 is 14.8 Å². The number of tetrazole rings is 1. The number of carbonyl (C=O) groups is 2. The fourth-order valence-electron chi connectivity index (χ4n) is 2.89. The predicted octanol–water partition coefficient (Wildman–Crippen LogP) is 2.37. The predicted molar refractivity (Wildman–Crippen MR) is 106 cm³/mol. The van der Waals surface area contributed by atoms with Crippen molar-refractivity contribution in [1.82, 2.24) is 20.2 Å². The lowest BCUT2D eigenvalue weighted by Gasteiger charge is -2.19. The first-order valence-corrected chi connectivity index (χ1v) is 9.64. The molecule has 0 bridgehead atoms. The van der Waals surface area contributed by atoms with E-state index in [0.29, 0.717) is 33.6 Å². The SMILES string of the molecule is COc1ccccc1-n1nnnc1SC(C)C(=O)c1ccc2c(c1)NC(=O)CO2. The van der Waals surface area contributed by atoms with E-state index in [4.69, 9.17) is 9.47 Å². The molecule has 1 amide bonds. The molecule has 1 aliphatic heterocycles. The Morgan fingerprint density at radius 1 is 1.31 bits per heavy atom. The average Bonchev–Trinajstić information content (AvgIpc) is 3.20. The first-order chi connectivity index (χ1) is 14.1. The third kappa shape index (κ3) is 3.79. The summed E-state index contributed by atoms with van der Waals surface area (Å²) in [6, 6.07) is 12.3. The molecule has 0 fully saturated rings. The van der Waals surface area contributed by atoms with E-state index >= 15 is 0 Å². The third-order valence-corrected chi connectivity index (χ3v) is 5.34. The van der Waals surface area contributed by atoms with Gasteiger partial charge in [0.25, 0.3) is 5.91 Å². The average molecular weight is 411 g/mol. The molecule has 0 radical (unpaired) electrons. The highest BCUT2D eigenvalue weighted by atomic mass is 32.2. The molecule has 0 saturated heterocycles. The van der Waals surface area contributed by atoms with Gasteiger partial charge in [-0.15, -0.1) is 5.10 Å². The summed E-state index contributed by atoms with van der Waals surface area (Å²) >= 11 is 1.23. The van der Waals surface area contributed by atoms with Crippen molar-refractivity contribution in [3.05, 3.63) is 48.0 Å². The molecule has 0 spiro atoms. The van der Waals surface area contributed by atoms with Gasteiger partial charge in [0, 0.05) is 5.56 Å². The third-order valence-electron chi connectivity index (χ3n) is 4.30. The molecule has 1 aliphatic rings. The number of nitrogens with zero attached hydrogens (tertiary/aromatic N) is 4. The molecular weight excluding hydrogens is 394 g/mol. The van der Waals surface area contributed by atoms with E-state index in [1.54, 1.807) is 32.2 Å². The van der Waals surface area contributed by atoms with Crippen LogP contribution in [0, 0.1) is 0 Å². The van der Waals surface area contributed by atoms with Gasteiger partial charge in [0.1, 0.15) is 17.2 Å². The first-order valence-electron chi connectivity index (χ1n) is 8.76. The maximum Gasteiger partial charge on any atom is 0.262 e. The second kappa shape index (κ2) is 7.92. The molecule has 2 heterocycles. The minimum Gasteiger partial charge on any atom is -0.494 e. The standard InChI is InChI=1S/C19H17N5O4S/c1-11(18(26)12-7-8-15-13(9-12)20-17(25)10-28-15)29-19-21-22-23-24(19)14-5-3-4-6-16(14)27-2/h3-9,11H,10H2,1-2H3,(H,20,25). The van der Waals surface area contributed by atoms with Gasteiger partial charge >= 0.3 is 0 Å². The Morgan fingerprint density at radius 2 is 2.14 bits per heavy atom. The summed E-state index contributed by atoms with van der Waals surface area (Å²) in [6.45, 7) is 1.75. The molecule has 0 aliphatic carbocycles. The molecule has 29 heavy (non-hydrogen) atoms. The van der Waals surface area contributed by atoms with Crippen LogP contribution in [0.25, 0.3) is 5.69 Å². The van der Waals surface area contributed by atoms with Crippen molar-refractivity contribution in [2.24, 2.45) is 0 Å². The van der Waals surface area contributed by atoms with Crippen LogP contribution < -0.4 is 14.8 Å². The molecule has 9 nitrogen and oxygen atoms in total. The van der Waals surface area contributed by atoms with Gasteiger partial charge in [0.2, 0.25) is 5.16 Å². The number of rotatable bonds is 6. The smallest absolute Gasteiger partial charge is 0.262 e. The molecule has 10 heteroatoms. The second-order valence-electron chi connectivity index (χ2n) is 6.22. The zero-order valence-electron chi connectivity index (χ0n) is 15.7. The van der Waals surface area contributed by atoms with Gasteiger partial charge in [-0.3, -0.25) is 9.59 Å². The topological polar surface area (TPSA) is 108 Å². The summed E-state index contributed by atoms with van der Waals surface area (Å²) in [5, 5.41) is 14.5. The lowest BCUT2D eigenvalue weighted by molar-refractivity contribution is -0.118. The minimum absolute atomic E-state index is 0.0296. The number of carbonyl (C=O) groups excluding carboxylic acids is 2. The highest BCUT2D eigenvalue weighted by molar-refractivity contribution is 8.00. The Kier molecular flexibility index (Phi) is 5.17. The van der Waals surface area contributed by atoms with E-state index in [1.807, 2.05) is 24.3 Å². The van der Waals surface area contributed by atoms with Crippen molar-refractivity contribution in [1.29, 1.82) is 0 Å². The highest BCUT2D eigenvalue weighted by Gasteiger charge is 2.24. The maximum absolute atomic E-state index is 12.9. The van der Waals surface area contributed by atoms with Crippen LogP contribution in [0.5, 0.6) is 11.5 Å². The fraction of sp³-hybridized carbons (Fsp3) is 0.211. The molecule has 0 saturated carbocycles. The number of para-hydroxylation sites is 2. The van der Waals surface area contributed by atoms with Crippen LogP contribution in [-0.2, 0) is 4.79 Å². The van der Waals surface area contributed by atoms with Crippen LogP contribution in [0.3, 0.4) is 0 Å². The molecule has 2 aromatic carbocycles. The van der Waals surface area contributed by atoms with E-state index in [0.717, 1.165) is 0 Å². The Balaban J connectivity index is 1.56. The zero-order valence-corrected chi connectivity index (χ0v) is 16.5. The number of ketones is 1. The summed E-state index contributed by atoms with van der Waals surface area (Å²) in [5.74, 6) is 0.792. The van der Waals surface area contributed by atoms with Crippen LogP contribution in [0.15, 0.2) is 47.6 Å². The van der Waals surface area contributed by atoms with E-state index in [2.05, 4.69) is 20.8 Å². The maximum atomic E-state index is 12.9. The monoisotopic (exact) mass is 411 g/mol. The first kappa shape index (κ1) is 18.9. The minimum atomic E-state index is -0.465. The van der Waals surface area contributed by atoms with Crippen LogP contribution in [0.1, 0.15) is 17.3 Å². The Hall–Kier alpha value is -3.40. The van der Waals surface area contributed by atoms with Crippen molar-refractivity contribution in [2.45, 2.75) is 17.3 Å². The Bertz CT molecular complexity index is 1080. The molecule has 1 atom stereocenters. The molecule has 1 N–H and O–H groups in total. The van der Waals surface area contributed by atoms with Gasteiger partial charge in [0.05, 0.1) is 18.0 Å². The number of amides is 1. The normalized spacial score (nSPS) is 13.8. The lowest BCUT2D eigenvalue weighted by atomic mass is 10.1. The fourth-order valence-corrected chi connectivity index (χ4v) is 3.77. The summed E-state index contributed by atoms with van der Waals surface area (Å²) in [4.78, 5) is 24.4. The highest BCUT2D eigenvalue weighted by Crippen LogP contribution is 2.32. The number of benzene rings is 2. The van der Waals surface area contributed by atoms with Crippen LogP contribution >= 0.6 is 11.8 Å². The molecule has 1 unspecified atom stereocenters. The number of methoxy groups -OCH3 is 1. The van der Waals surface area contributed by atoms with Crippen molar-refractivity contribution in [3.63, 3.8) is 0 Å². The van der Waals surface area contributed by atoms with Crippen LogP contribution in [0.2, 0.25) is 0 Å². The number of anilines is 1. The van der Waals surface area contributed by atoms with Crippen molar-refractivity contribution >= 4 is 29.1 Å². The Morgan fingerprint density at radius 3 is 2.97 bits per heavy atom. The van der Waals surface area contributed by atoms with Crippen molar-refractivity contribution in [3.8, 4) is 17.2 Å². The quantitative estimate of drug-likeness (QED) is 0.486. The number of nitrogens with one attached hydrogen (secondary N) is 1. The largest absolute Gasteiger partial charge is 0.494 e. The van der Waals surface area contributed by atoms with Gasteiger partial charge in [-0.25, -0.2) is 0 Å².